The van der Waals surface area contributed by atoms with Gasteiger partial charge in [-0.1, -0.05) is 23.9 Å². The van der Waals surface area contributed by atoms with Crippen molar-refractivity contribution in [1.82, 2.24) is 0 Å². The van der Waals surface area contributed by atoms with Crippen molar-refractivity contribution in [3.8, 4) is 0 Å². The van der Waals surface area contributed by atoms with Crippen molar-refractivity contribution in [2.24, 2.45) is 15.9 Å². The molecule has 0 atom stereocenters. The number of thioether (sulfide) groups is 1. The molecule has 0 unspecified atom stereocenters. The molecule has 0 fully saturated rings. The van der Waals surface area contributed by atoms with Gasteiger partial charge in [0.25, 0.3) is 5.69 Å². The lowest BCUT2D eigenvalue weighted by molar-refractivity contribution is -0.385. The Bertz CT molecular complexity index is 445. The van der Waals surface area contributed by atoms with Crippen molar-refractivity contribution in [2.75, 3.05) is 6.26 Å². The van der Waals surface area contributed by atoms with Gasteiger partial charge in [0.15, 0.2) is 5.17 Å². The van der Waals surface area contributed by atoms with Gasteiger partial charge in [-0.2, -0.15) is 5.10 Å². The third-order valence-electron chi connectivity index (χ3n) is 1.70. The van der Waals surface area contributed by atoms with E-state index < -0.39 is 4.92 Å². The lowest BCUT2D eigenvalue weighted by Gasteiger charge is -1.94. The molecule has 0 spiro atoms. The molecule has 0 saturated carbocycles. The highest BCUT2D eigenvalue weighted by molar-refractivity contribution is 8.13. The minimum absolute atomic E-state index is 0.0100. The average molecular weight is 238 g/mol. The van der Waals surface area contributed by atoms with E-state index >= 15 is 0 Å². The molecule has 1 rings (SSSR count). The Morgan fingerprint density at radius 2 is 2.25 bits per heavy atom. The molecule has 2 N–H and O–H groups in total. The predicted octanol–water partition coefficient (Wildman–Crippen LogP) is 1.61. The molecule has 0 saturated heterocycles. The molecule has 1 aromatic carbocycles. The highest BCUT2D eigenvalue weighted by Crippen LogP contribution is 2.15. The summed E-state index contributed by atoms with van der Waals surface area (Å²) in [7, 11) is 0. The second-order valence-electron chi connectivity index (χ2n) is 2.70. The van der Waals surface area contributed by atoms with E-state index in [9.17, 15) is 10.1 Å². The Hall–Kier alpha value is -1.89. The molecular formula is C9H10N4O2S. The summed E-state index contributed by atoms with van der Waals surface area (Å²) >= 11 is 1.25. The number of nitrogens with zero attached hydrogens (tertiary/aromatic N) is 3. The van der Waals surface area contributed by atoms with E-state index in [1.165, 1.54) is 24.0 Å². The van der Waals surface area contributed by atoms with Gasteiger partial charge in [-0.15, -0.1) is 5.10 Å². The molecule has 1 aromatic rings. The summed E-state index contributed by atoms with van der Waals surface area (Å²) in [4.78, 5) is 10.2. The summed E-state index contributed by atoms with van der Waals surface area (Å²) in [6.45, 7) is 0. The van der Waals surface area contributed by atoms with Crippen LogP contribution in [-0.2, 0) is 0 Å². The van der Waals surface area contributed by atoms with Gasteiger partial charge in [0, 0.05) is 6.07 Å². The summed E-state index contributed by atoms with van der Waals surface area (Å²) in [5.41, 5.74) is 5.78. The molecule has 0 heterocycles. The maximum absolute atomic E-state index is 10.7. The smallest absolute Gasteiger partial charge is 0.278 e. The third-order valence-corrected chi connectivity index (χ3v) is 2.20. The van der Waals surface area contributed by atoms with Crippen molar-refractivity contribution >= 4 is 28.8 Å². The number of rotatable bonds is 3. The van der Waals surface area contributed by atoms with E-state index in [2.05, 4.69) is 10.2 Å². The number of hydrogen-bond donors (Lipinski definition) is 1. The van der Waals surface area contributed by atoms with Crippen LogP contribution in [0.15, 0.2) is 34.5 Å². The highest BCUT2D eigenvalue weighted by Gasteiger charge is 2.09. The molecule has 0 aliphatic heterocycles. The molecule has 0 aromatic heterocycles. The summed E-state index contributed by atoms with van der Waals surface area (Å²) in [5, 5.41) is 18.3. The number of hydrogen-bond acceptors (Lipinski definition) is 5. The molecule has 16 heavy (non-hydrogen) atoms. The van der Waals surface area contributed by atoms with Gasteiger partial charge in [0.2, 0.25) is 0 Å². The zero-order valence-electron chi connectivity index (χ0n) is 8.53. The summed E-state index contributed by atoms with van der Waals surface area (Å²) < 4.78 is 0. The Labute approximate surface area is 96.4 Å². The van der Waals surface area contributed by atoms with Gasteiger partial charge < -0.3 is 5.73 Å². The molecule has 0 aliphatic carbocycles. The first-order valence-corrected chi connectivity index (χ1v) is 5.51. The maximum Gasteiger partial charge on any atom is 0.278 e. The van der Waals surface area contributed by atoms with Gasteiger partial charge >= 0.3 is 0 Å². The average Bonchev–Trinajstić information content (AvgIpc) is 2.29. The van der Waals surface area contributed by atoms with E-state index in [1.54, 1.807) is 24.5 Å². The van der Waals surface area contributed by atoms with Crippen LogP contribution in [0.3, 0.4) is 0 Å². The van der Waals surface area contributed by atoms with Crippen LogP contribution in [-0.4, -0.2) is 22.6 Å². The number of benzene rings is 1. The normalized spacial score (nSPS) is 11.9. The van der Waals surface area contributed by atoms with Crippen molar-refractivity contribution in [1.29, 1.82) is 0 Å². The van der Waals surface area contributed by atoms with Crippen molar-refractivity contribution in [3.63, 3.8) is 0 Å². The highest BCUT2D eigenvalue weighted by atomic mass is 32.2. The maximum atomic E-state index is 10.7. The minimum atomic E-state index is -0.469. The van der Waals surface area contributed by atoms with Crippen LogP contribution in [0.25, 0.3) is 0 Å². The van der Waals surface area contributed by atoms with Crippen molar-refractivity contribution < 1.29 is 4.92 Å². The fraction of sp³-hybridized carbons (Fsp3) is 0.111. The van der Waals surface area contributed by atoms with Crippen LogP contribution < -0.4 is 5.73 Å². The van der Waals surface area contributed by atoms with Crippen LogP contribution in [0.5, 0.6) is 0 Å². The number of nitro benzene ring substituents is 1. The fourth-order valence-electron chi connectivity index (χ4n) is 0.952. The van der Waals surface area contributed by atoms with E-state index in [0.29, 0.717) is 10.7 Å². The van der Waals surface area contributed by atoms with Crippen LogP contribution in [0.2, 0.25) is 0 Å². The zero-order valence-corrected chi connectivity index (χ0v) is 9.35. The first-order chi connectivity index (χ1) is 7.65. The van der Waals surface area contributed by atoms with Crippen LogP contribution in [0, 0.1) is 10.1 Å². The number of nitrogens with two attached hydrogens (primary N) is 1. The predicted molar refractivity (Wildman–Crippen MR) is 65.8 cm³/mol. The lowest BCUT2D eigenvalue weighted by atomic mass is 10.2. The first-order valence-electron chi connectivity index (χ1n) is 4.29. The Morgan fingerprint density at radius 3 is 2.88 bits per heavy atom. The summed E-state index contributed by atoms with van der Waals surface area (Å²) in [5.74, 6) is 0. The standard InChI is InChI=1S/C9H10N4O2S/c1-16-9(10)12-11-6-7-4-2-3-5-8(7)13(14)15/h2-6H,1H3,(H2,10,12)/b11-6+. The number of para-hydroxylation sites is 1. The number of amidine groups is 1. The summed E-state index contributed by atoms with van der Waals surface area (Å²) in [6, 6.07) is 6.28. The topological polar surface area (TPSA) is 93.9 Å². The molecule has 0 bridgehead atoms. The van der Waals surface area contributed by atoms with E-state index in [1.807, 2.05) is 0 Å². The molecule has 0 radical (unpaired) electrons. The van der Waals surface area contributed by atoms with Crippen LogP contribution >= 0.6 is 11.8 Å². The van der Waals surface area contributed by atoms with Crippen molar-refractivity contribution in [3.05, 3.63) is 39.9 Å². The first kappa shape index (κ1) is 12.2. The molecule has 84 valence electrons. The van der Waals surface area contributed by atoms with Gasteiger partial charge in [-0.25, -0.2) is 0 Å². The van der Waals surface area contributed by atoms with E-state index in [0.717, 1.165) is 0 Å². The summed E-state index contributed by atoms with van der Waals surface area (Å²) in [6.07, 6.45) is 3.07. The van der Waals surface area contributed by atoms with Crippen molar-refractivity contribution in [2.45, 2.75) is 0 Å². The van der Waals surface area contributed by atoms with Crippen LogP contribution in [0.1, 0.15) is 5.56 Å². The SMILES string of the molecule is CS/C(N)=N/N=C/c1ccccc1[N+](=O)[O-]. The van der Waals surface area contributed by atoms with E-state index in [-0.39, 0.29) is 5.69 Å². The molecule has 0 amide bonds. The Morgan fingerprint density at radius 1 is 1.56 bits per heavy atom. The van der Waals surface area contributed by atoms with Crippen LogP contribution in [0.4, 0.5) is 5.69 Å². The number of nitro groups is 1. The third kappa shape index (κ3) is 3.35. The fourth-order valence-corrected chi connectivity index (χ4v) is 1.08. The van der Waals surface area contributed by atoms with Gasteiger partial charge in [0.1, 0.15) is 0 Å². The zero-order chi connectivity index (χ0) is 12.0. The quantitative estimate of drug-likeness (QED) is 0.374. The second-order valence-corrected chi connectivity index (χ2v) is 3.53. The van der Waals surface area contributed by atoms with Gasteiger partial charge in [-0.3, -0.25) is 10.1 Å². The monoisotopic (exact) mass is 238 g/mol. The largest absolute Gasteiger partial charge is 0.377 e. The Kier molecular flexibility index (Phi) is 4.46. The molecule has 6 nitrogen and oxygen atoms in total. The molecule has 7 heteroatoms. The minimum Gasteiger partial charge on any atom is -0.377 e. The van der Waals surface area contributed by atoms with Gasteiger partial charge in [0.05, 0.1) is 16.7 Å². The molecule has 0 aliphatic rings. The van der Waals surface area contributed by atoms with Gasteiger partial charge in [-0.05, 0) is 12.3 Å². The van der Waals surface area contributed by atoms with E-state index in [4.69, 9.17) is 5.73 Å². The molecular weight excluding hydrogens is 228 g/mol. The Balaban J connectivity index is 2.93. The second kappa shape index (κ2) is 5.86. The lowest BCUT2D eigenvalue weighted by Crippen LogP contribution is -2.04.